The number of ether oxygens (including phenoxy) is 1. The monoisotopic (exact) mass is 520 g/mol. The van der Waals surface area contributed by atoms with Crippen LogP contribution in [0.4, 0.5) is 0 Å². The zero-order valence-corrected chi connectivity index (χ0v) is 19.5. The SMILES string of the molecule is CCCCC[C@@H](c1cc(OC)c(O)c(Br)c1Br)N1CCNCC1.Cl.Cl. The minimum atomic E-state index is 0. The molecule has 1 aromatic carbocycles. The molecule has 0 unspecified atom stereocenters. The van der Waals surface area contributed by atoms with Crippen LogP contribution >= 0.6 is 56.7 Å². The molecule has 1 heterocycles. The molecule has 1 aromatic rings. The molecule has 1 aliphatic heterocycles. The van der Waals surface area contributed by atoms with E-state index in [4.69, 9.17) is 4.74 Å². The summed E-state index contributed by atoms with van der Waals surface area (Å²) in [6.45, 7) is 6.38. The highest BCUT2D eigenvalue weighted by Crippen LogP contribution is 2.45. The predicted molar refractivity (Wildman–Crippen MR) is 116 cm³/mol. The lowest BCUT2D eigenvalue weighted by molar-refractivity contribution is 0.162. The van der Waals surface area contributed by atoms with Gasteiger partial charge in [-0.05, 0) is 49.9 Å². The molecular weight excluding hydrogens is 495 g/mol. The smallest absolute Gasteiger partial charge is 0.173 e. The van der Waals surface area contributed by atoms with Crippen LogP contribution in [0.15, 0.2) is 15.0 Å². The molecule has 25 heavy (non-hydrogen) atoms. The van der Waals surface area contributed by atoms with Crippen LogP contribution in [0.5, 0.6) is 11.5 Å². The van der Waals surface area contributed by atoms with E-state index in [9.17, 15) is 5.11 Å². The van der Waals surface area contributed by atoms with E-state index in [1.807, 2.05) is 6.07 Å². The van der Waals surface area contributed by atoms with Gasteiger partial charge < -0.3 is 15.2 Å². The number of rotatable bonds is 7. The second-order valence-corrected chi connectivity index (χ2v) is 7.53. The first-order chi connectivity index (χ1) is 11.1. The predicted octanol–water partition coefficient (Wildman–Crippen LogP) is 5.30. The zero-order valence-electron chi connectivity index (χ0n) is 14.7. The molecule has 1 atom stereocenters. The summed E-state index contributed by atoms with van der Waals surface area (Å²) in [4.78, 5) is 2.54. The van der Waals surface area contributed by atoms with E-state index in [0.717, 1.165) is 37.1 Å². The van der Waals surface area contributed by atoms with E-state index in [-0.39, 0.29) is 30.6 Å². The van der Waals surface area contributed by atoms with Crippen molar-refractivity contribution in [1.82, 2.24) is 10.2 Å². The number of nitrogens with zero attached hydrogens (tertiary/aromatic N) is 1. The summed E-state index contributed by atoms with van der Waals surface area (Å²) in [6, 6.07) is 2.31. The Labute approximate surface area is 180 Å². The lowest BCUT2D eigenvalue weighted by Crippen LogP contribution is -2.45. The first-order valence-electron chi connectivity index (χ1n) is 8.29. The largest absolute Gasteiger partial charge is 0.503 e. The number of hydrogen-bond acceptors (Lipinski definition) is 4. The van der Waals surface area contributed by atoms with Gasteiger partial charge in [0, 0.05) is 36.7 Å². The molecular formula is C17H28Br2Cl2N2O2. The third-order valence-corrected chi connectivity index (χ3v) is 6.58. The van der Waals surface area contributed by atoms with Crippen molar-refractivity contribution in [1.29, 1.82) is 0 Å². The molecule has 0 bridgehead atoms. The first-order valence-corrected chi connectivity index (χ1v) is 9.88. The highest BCUT2D eigenvalue weighted by atomic mass is 79.9. The van der Waals surface area contributed by atoms with Gasteiger partial charge in [0.1, 0.15) is 0 Å². The Kier molecular flexibility index (Phi) is 12.8. The lowest BCUT2D eigenvalue weighted by Gasteiger charge is -2.36. The van der Waals surface area contributed by atoms with E-state index < -0.39 is 0 Å². The molecule has 0 aromatic heterocycles. The molecule has 1 saturated heterocycles. The molecule has 146 valence electrons. The molecule has 2 N–H and O–H groups in total. The Morgan fingerprint density at radius 1 is 1.20 bits per heavy atom. The van der Waals surface area contributed by atoms with Crippen molar-refractivity contribution in [2.45, 2.75) is 38.6 Å². The molecule has 2 rings (SSSR count). The Morgan fingerprint density at radius 2 is 1.84 bits per heavy atom. The van der Waals surface area contributed by atoms with Gasteiger partial charge in [-0.25, -0.2) is 0 Å². The number of methoxy groups -OCH3 is 1. The third-order valence-electron chi connectivity index (χ3n) is 4.43. The number of benzene rings is 1. The van der Waals surface area contributed by atoms with Gasteiger partial charge in [0.05, 0.1) is 11.6 Å². The highest BCUT2D eigenvalue weighted by molar-refractivity contribution is 9.13. The molecule has 0 spiro atoms. The number of piperazine rings is 1. The number of hydrogen-bond donors (Lipinski definition) is 2. The van der Waals surface area contributed by atoms with Crippen LogP contribution in [-0.2, 0) is 0 Å². The van der Waals surface area contributed by atoms with Crippen LogP contribution in [0.25, 0.3) is 0 Å². The van der Waals surface area contributed by atoms with E-state index in [1.165, 1.54) is 24.8 Å². The summed E-state index contributed by atoms with van der Waals surface area (Å²) in [5.74, 6) is 0.668. The average Bonchev–Trinajstić information content (AvgIpc) is 2.58. The quantitative estimate of drug-likeness (QED) is 0.477. The standard InChI is InChI=1S/C17H26Br2N2O2.2ClH/c1-3-4-5-6-13(21-9-7-20-8-10-21)12-11-14(23-2)17(22)16(19)15(12)18;;/h11,13,20,22H,3-10H2,1-2H3;2*1H/t13-;;/m0../s1. The van der Waals surface area contributed by atoms with Crippen LogP contribution in [0.3, 0.4) is 0 Å². The summed E-state index contributed by atoms with van der Waals surface area (Å²) in [5, 5.41) is 13.6. The zero-order chi connectivity index (χ0) is 16.8. The van der Waals surface area contributed by atoms with Crippen LogP contribution in [0.1, 0.15) is 44.2 Å². The van der Waals surface area contributed by atoms with Gasteiger partial charge in [-0.3, -0.25) is 4.90 Å². The maximum atomic E-state index is 10.2. The first kappa shape index (κ1) is 25.3. The fourth-order valence-corrected chi connectivity index (χ4v) is 4.12. The molecule has 8 heteroatoms. The second-order valence-electron chi connectivity index (χ2n) is 5.94. The summed E-state index contributed by atoms with van der Waals surface area (Å²) < 4.78 is 6.95. The summed E-state index contributed by atoms with van der Waals surface area (Å²) in [7, 11) is 1.59. The molecule has 0 radical (unpaired) electrons. The maximum Gasteiger partial charge on any atom is 0.173 e. The van der Waals surface area contributed by atoms with Gasteiger partial charge in [0.15, 0.2) is 11.5 Å². The minimum Gasteiger partial charge on any atom is -0.503 e. The van der Waals surface area contributed by atoms with E-state index in [0.29, 0.717) is 16.3 Å². The highest BCUT2D eigenvalue weighted by Gasteiger charge is 2.26. The number of nitrogens with one attached hydrogen (secondary N) is 1. The van der Waals surface area contributed by atoms with Crippen molar-refractivity contribution >= 4 is 56.7 Å². The number of aromatic hydroxyl groups is 1. The average molecular weight is 523 g/mol. The van der Waals surface area contributed by atoms with Crippen molar-refractivity contribution in [3.8, 4) is 11.5 Å². The van der Waals surface area contributed by atoms with Crippen LogP contribution < -0.4 is 10.1 Å². The van der Waals surface area contributed by atoms with Crippen molar-refractivity contribution in [2.24, 2.45) is 0 Å². The molecule has 1 aliphatic rings. The van der Waals surface area contributed by atoms with Gasteiger partial charge >= 0.3 is 0 Å². The Balaban J connectivity index is 0.00000288. The van der Waals surface area contributed by atoms with Gasteiger partial charge in [-0.1, -0.05) is 26.2 Å². The van der Waals surface area contributed by atoms with Crippen molar-refractivity contribution in [2.75, 3.05) is 33.3 Å². The van der Waals surface area contributed by atoms with Crippen molar-refractivity contribution < 1.29 is 9.84 Å². The summed E-state index contributed by atoms with van der Waals surface area (Å²) in [5.41, 5.74) is 1.18. The van der Waals surface area contributed by atoms with E-state index in [2.05, 4.69) is 49.0 Å². The van der Waals surface area contributed by atoms with Crippen molar-refractivity contribution in [3.05, 3.63) is 20.6 Å². The van der Waals surface area contributed by atoms with E-state index in [1.54, 1.807) is 7.11 Å². The summed E-state index contributed by atoms with van der Waals surface area (Å²) >= 11 is 7.15. The molecule has 0 saturated carbocycles. The molecule has 0 aliphatic carbocycles. The van der Waals surface area contributed by atoms with Crippen LogP contribution in [0, 0.1) is 0 Å². The fourth-order valence-electron chi connectivity index (χ4n) is 3.13. The van der Waals surface area contributed by atoms with Gasteiger partial charge in [0.25, 0.3) is 0 Å². The van der Waals surface area contributed by atoms with Gasteiger partial charge in [-0.2, -0.15) is 0 Å². The van der Waals surface area contributed by atoms with Crippen molar-refractivity contribution in [3.63, 3.8) is 0 Å². The second kappa shape index (κ2) is 12.6. The lowest BCUT2D eigenvalue weighted by atomic mass is 9.97. The number of halogens is 4. The number of phenols is 1. The Morgan fingerprint density at radius 3 is 2.40 bits per heavy atom. The molecule has 0 amide bonds. The normalized spacial score (nSPS) is 15.8. The molecule has 4 nitrogen and oxygen atoms in total. The third kappa shape index (κ3) is 6.43. The van der Waals surface area contributed by atoms with E-state index >= 15 is 0 Å². The van der Waals surface area contributed by atoms with Crippen LogP contribution in [0.2, 0.25) is 0 Å². The number of unbranched alkanes of at least 4 members (excludes halogenated alkanes) is 2. The Bertz CT molecular complexity index is 530. The minimum absolute atomic E-state index is 0. The Hall–Kier alpha value is 0.280. The molecule has 1 fully saturated rings. The van der Waals surface area contributed by atoms with Gasteiger partial charge in [0.2, 0.25) is 0 Å². The van der Waals surface area contributed by atoms with Gasteiger partial charge in [-0.15, -0.1) is 24.8 Å². The topological polar surface area (TPSA) is 44.7 Å². The summed E-state index contributed by atoms with van der Waals surface area (Å²) in [6.07, 6.45) is 4.79. The maximum absolute atomic E-state index is 10.2. The van der Waals surface area contributed by atoms with Crippen LogP contribution in [-0.4, -0.2) is 43.3 Å². The number of phenolic OH excluding ortho intramolecular Hbond substituents is 1. The fraction of sp³-hybridized carbons (Fsp3) is 0.647.